The third-order valence-corrected chi connectivity index (χ3v) is 1.69. The van der Waals surface area contributed by atoms with Gasteiger partial charge in [-0.3, -0.25) is 4.79 Å². The Morgan fingerprint density at radius 1 is 1.65 bits per heavy atom. The van der Waals surface area contributed by atoms with Crippen molar-refractivity contribution in [1.82, 2.24) is 15.3 Å². The van der Waals surface area contributed by atoms with E-state index in [0.29, 0.717) is 0 Å². The molecule has 1 amide bonds. The van der Waals surface area contributed by atoms with Crippen LogP contribution >= 0.6 is 0 Å². The van der Waals surface area contributed by atoms with E-state index in [-0.39, 0.29) is 18.8 Å². The van der Waals surface area contributed by atoms with Gasteiger partial charge in [0.2, 0.25) is 0 Å². The summed E-state index contributed by atoms with van der Waals surface area (Å²) in [6.45, 7) is 1.30. The summed E-state index contributed by atoms with van der Waals surface area (Å²) < 4.78 is 1.06. The maximum atomic E-state index is 11.2. The van der Waals surface area contributed by atoms with Crippen molar-refractivity contribution in [2.45, 2.75) is 19.9 Å². The number of amides is 1. The molecular formula is C8H10N4O5. The maximum absolute atomic E-state index is 11.2. The fourth-order valence-electron chi connectivity index (χ4n) is 0.902. The number of rotatable bonds is 4. The number of carbonyl (C=O) groups excluding carboxylic acids is 2. The van der Waals surface area contributed by atoms with Crippen molar-refractivity contribution < 1.29 is 19.3 Å². The van der Waals surface area contributed by atoms with Gasteiger partial charge in [0.05, 0.1) is 17.4 Å². The van der Waals surface area contributed by atoms with Crippen LogP contribution in [-0.4, -0.2) is 26.6 Å². The molecule has 0 spiro atoms. The molecule has 0 aliphatic heterocycles. The lowest BCUT2D eigenvalue weighted by atomic mass is 10.5. The molecule has 17 heavy (non-hydrogen) atoms. The van der Waals surface area contributed by atoms with Gasteiger partial charge in [-0.25, -0.2) is 4.79 Å². The summed E-state index contributed by atoms with van der Waals surface area (Å²) in [6, 6.07) is 1.16. The van der Waals surface area contributed by atoms with Gasteiger partial charge in [0, 0.05) is 6.42 Å². The van der Waals surface area contributed by atoms with Gasteiger partial charge < -0.3 is 15.0 Å². The Bertz CT molecular complexity index is 441. The van der Waals surface area contributed by atoms with Gasteiger partial charge >= 0.3 is 11.8 Å². The summed E-state index contributed by atoms with van der Waals surface area (Å²) in [6.07, 6.45) is 1.41. The molecule has 0 fully saturated rings. The summed E-state index contributed by atoms with van der Waals surface area (Å²) >= 11 is 0. The number of aromatic nitrogens is 2. The van der Waals surface area contributed by atoms with E-state index in [0.717, 1.165) is 10.7 Å². The first kappa shape index (κ1) is 12.6. The van der Waals surface area contributed by atoms with Crippen molar-refractivity contribution in [3.05, 3.63) is 22.4 Å². The predicted octanol–water partition coefficient (Wildman–Crippen LogP) is -0.224. The molecule has 0 radical (unpaired) electrons. The van der Waals surface area contributed by atoms with Gasteiger partial charge in [-0.15, -0.1) is 0 Å². The second-order valence-corrected chi connectivity index (χ2v) is 2.98. The van der Waals surface area contributed by atoms with Crippen LogP contribution in [0.15, 0.2) is 12.3 Å². The minimum atomic E-state index is -0.675. The lowest BCUT2D eigenvalue weighted by Gasteiger charge is -2.02. The zero-order valence-electron chi connectivity index (χ0n) is 8.95. The van der Waals surface area contributed by atoms with Crippen LogP contribution < -0.4 is 5.48 Å². The van der Waals surface area contributed by atoms with Crippen LogP contribution in [0, 0.1) is 10.1 Å². The van der Waals surface area contributed by atoms with Gasteiger partial charge in [0.25, 0.3) is 5.91 Å². The number of nitro groups is 1. The lowest BCUT2D eigenvalue weighted by molar-refractivity contribution is -0.389. The van der Waals surface area contributed by atoms with Crippen LogP contribution in [0.2, 0.25) is 0 Å². The van der Waals surface area contributed by atoms with E-state index in [4.69, 9.17) is 0 Å². The first-order valence-electron chi connectivity index (χ1n) is 4.69. The van der Waals surface area contributed by atoms with Crippen molar-refractivity contribution in [1.29, 1.82) is 0 Å². The highest BCUT2D eigenvalue weighted by Crippen LogP contribution is 2.04. The predicted molar refractivity (Wildman–Crippen MR) is 53.4 cm³/mol. The number of hydroxylamine groups is 1. The monoisotopic (exact) mass is 242 g/mol. The van der Waals surface area contributed by atoms with E-state index in [1.807, 2.05) is 5.48 Å². The molecule has 0 saturated heterocycles. The summed E-state index contributed by atoms with van der Waals surface area (Å²) in [4.78, 5) is 35.9. The Morgan fingerprint density at radius 2 is 2.35 bits per heavy atom. The molecule has 1 N–H and O–H groups in total. The zero-order valence-corrected chi connectivity index (χ0v) is 8.95. The maximum Gasteiger partial charge on any atom is 0.389 e. The first-order valence-corrected chi connectivity index (χ1v) is 4.69. The zero-order chi connectivity index (χ0) is 12.8. The Morgan fingerprint density at radius 3 is 2.88 bits per heavy atom. The molecule has 9 nitrogen and oxygen atoms in total. The van der Waals surface area contributed by atoms with Gasteiger partial charge in [-0.1, -0.05) is 6.92 Å². The Kier molecular flexibility index (Phi) is 4.14. The largest absolute Gasteiger partial charge is 0.389 e. The molecule has 0 aromatic carbocycles. The van der Waals surface area contributed by atoms with Crippen LogP contribution in [0.4, 0.5) is 5.82 Å². The molecule has 1 aromatic heterocycles. The van der Waals surface area contributed by atoms with Crippen LogP contribution in [0.25, 0.3) is 0 Å². The molecule has 9 heteroatoms. The number of nitrogens with zero attached hydrogens (tertiary/aromatic N) is 3. The minimum absolute atomic E-state index is 0.132. The fourth-order valence-corrected chi connectivity index (χ4v) is 0.902. The second kappa shape index (κ2) is 5.58. The van der Waals surface area contributed by atoms with Crippen LogP contribution in [0.1, 0.15) is 13.3 Å². The van der Waals surface area contributed by atoms with E-state index >= 15 is 0 Å². The fraction of sp³-hybridized carbons (Fsp3) is 0.375. The molecule has 0 atom stereocenters. The Balaban J connectivity index is 2.45. The summed E-state index contributed by atoms with van der Waals surface area (Å²) in [5.41, 5.74) is 1.90. The van der Waals surface area contributed by atoms with Crippen molar-refractivity contribution in [2.75, 3.05) is 0 Å². The highest BCUT2D eigenvalue weighted by molar-refractivity contribution is 5.77. The van der Waals surface area contributed by atoms with Crippen molar-refractivity contribution >= 4 is 17.7 Å². The van der Waals surface area contributed by atoms with E-state index in [1.54, 1.807) is 6.92 Å². The molecule has 0 aliphatic rings. The topological polar surface area (TPSA) is 116 Å². The molecule has 1 aromatic rings. The molecule has 92 valence electrons. The molecule has 0 aliphatic carbocycles. The highest BCUT2D eigenvalue weighted by atomic mass is 16.7. The summed E-state index contributed by atoms with van der Waals surface area (Å²) in [5.74, 6) is -1.57. The van der Waals surface area contributed by atoms with Crippen LogP contribution in [0.5, 0.6) is 0 Å². The normalized spacial score (nSPS) is 9.71. The quantitative estimate of drug-likeness (QED) is 0.576. The van der Waals surface area contributed by atoms with Crippen LogP contribution in [-0.2, 0) is 21.0 Å². The Labute approximate surface area is 95.5 Å². The third-order valence-electron chi connectivity index (χ3n) is 1.69. The number of hydrogen-bond donors (Lipinski definition) is 1. The standard InChI is InChI=1S/C8H10N4O5/c1-2-8(14)17-10-7(13)5-11-4-3-6(9-11)12(15)16/h3-4H,2,5H2,1H3,(H,10,13). The molecule has 0 unspecified atom stereocenters. The first-order chi connectivity index (χ1) is 8.02. The van der Waals surface area contributed by atoms with E-state index < -0.39 is 16.8 Å². The van der Waals surface area contributed by atoms with E-state index in [2.05, 4.69) is 9.94 Å². The molecular weight excluding hydrogens is 232 g/mol. The number of carbonyl (C=O) groups is 2. The average Bonchev–Trinajstić information content (AvgIpc) is 2.74. The van der Waals surface area contributed by atoms with Crippen molar-refractivity contribution in [3.8, 4) is 0 Å². The lowest BCUT2D eigenvalue weighted by Crippen LogP contribution is -2.30. The van der Waals surface area contributed by atoms with Gasteiger partial charge in [-0.2, -0.15) is 10.2 Å². The van der Waals surface area contributed by atoms with Crippen molar-refractivity contribution in [3.63, 3.8) is 0 Å². The van der Waals surface area contributed by atoms with E-state index in [1.165, 1.54) is 6.20 Å². The summed E-state index contributed by atoms with van der Waals surface area (Å²) in [5, 5.41) is 13.8. The van der Waals surface area contributed by atoms with E-state index in [9.17, 15) is 19.7 Å². The number of nitrogens with one attached hydrogen (secondary N) is 1. The highest BCUT2D eigenvalue weighted by Gasteiger charge is 2.13. The molecule has 1 heterocycles. The molecule has 1 rings (SSSR count). The molecule has 0 saturated carbocycles. The molecule has 0 bridgehead atoms. The SMILES string of the molecule is CCC(=O)ONC(=O)Cn1ccc([N+](=O)[O-])n1. The van der Waals surface area contributed by atoms with Crippen molar-refractivity contribution in [2.24, 2.45) is 0 Å². The second-order valence-electron chi connectivity index (χ2n) is 2.98. The Hall–Kier alpha value is -2.45. The van der Waals surface area contributed by atoms with Crippen LogP contribution in [0.3, 0.4) is 0 Å². The minimum Gasteiger partial charge on any atom is -0.358 e. The van der Waals surface area contributed by atoms with Gasteiger partial charge in [0.15, 0.2) is 0 Å². The summed E-state index contributed by atoms with van der Waals surface area (Å²) in [7, 11) is 0. The third kappa shape index (κ3) is 3.89. The average molecular weight is 242 g/mol. The van der Waals surface area contributed by atoms with Gasteiger partial charge in [0.1, 0.15) is 6.54 Å². The smallest absolute Gasteiger partial charge is 0.358 e. The number of hydrogen-bond acceptors (Lipinski definition) is 6. The van der Waals surface area contributed by atoms with Gasteiger partial charge in [-0.05, 0) is 4.92 Å².